The summed E-state index contributed by atoms with van der Waals surface area (Å²) in [6.45, 7) is 0. The molecule has 0 radical (unpaired) electrons. The summed E-state index contributed by atoms with van der Waals surface area (Å²) in [6, 6.07) is 55.4. The fourth-order valence-electron chi connectivity index (χ4n) is 8.05. The number of aromatic nitrogens is 2. The maximum Gasteiger partial charge on any atom is 0.227 e. The predicted octanol–water partition coefficient (Wildman–Crippen LogP) is 11.8. The monoisotopic (exact) mass is 692 g/mol. The van der Waals surface area contributed by atoms with E-state index < -0.39 is 0 Å². The highest BCUT2D eigenvalue weighted by Crippen LogP contribution is 2.38. The van der Waals surface area contributed by atoms with Crippen molar-refractivity contribution in [3.05, 3.63) is 193 Å². The number of allylic oxidation sites excluding steroid dienone is 2. The third kappa shape index (κ3) is 4.94. The van der Waals surface area contributed by atoms with Crippen molar-refractivity contribution in [2.24, 2.45) is 4.99 Å². The number of nitrogens with one attached hydrogen (secondary N) is 1. The molecule has 5 nitrogen and oxygen atoms in total. The molecule has 11 rings (SSSR count). The Balaban J connectivity index is 1.10. The number of aliphatic imine (C=N–C) groups is 1. The Labute approximate surface area is 311 Å². The number of nitrogens with zero attached hydrogens (tertiary/aromatic N) is 3. The number of oxazole rings is 1. The quantitative estimate of drug-likeness (QED) is 0.200. The van der Waals surface area contributed by atoms with Gasteiger partial charge in [0.1, 0.15) is 5.52 Å². The lowest BCUT2D eigenvalue weighted by molar-refractivity contribution is 0.620. The molecule has 1 unspecified atom stereocenters. The van der Waals surface area contributed by atoms with Gasteiger partial charge in [0.2, 0.25) is 11.9 Å². The second-order valence-electron chi connectivity index (χ2n) is 13.9. The molecular weight excluding hydrogens is 661 g/mol. The molecule has 2 aromatic heterocycles. The molecular formula is C49H32N4O. The third-order valence-electron chi connectivity index (χ3n) is 10.7. The minimum absolute atomic E-state index is 0.0493. The van der Waals surface area contributed by atoms with Gasteiger partial charge in [0.25, 0.3) is 0 Å². The van der Waals surface area contributed by atoms with Crippen molar-refractivity contribution in [3.63, 3.8) is 0 Å². The molecule has 0 fully saturated rings. The van der Waals surface area contributed by atoms with Crippen LogP contribution in [-0.2, 0) is 0 Å². The lowest BCUT2D eigenvalue weighted by atomic mass is 9.93. The molecule has 1 N–H and O–H groups in total. The Kier molecular flexibility index (Phi) is 6.85. The first-order valence-corrected chi connectivity index (χ1v) is 18.3. The van der Waals surface area contributed by atoms with E-state index in [1.54, 1.807) is 0 Å². The van der Waals surface area contributed by atoms with Gasteiger partial charge in [-0.25, -0.2) is 9.98 Å². The summed E-state index contributed by atoms with van der Waals surface area (Å²) in [5.41, 5.74) is 12.4. The summed E-state index contributed by atoms with van der Waals surface area (Å²) in [5.74, 6) is 1.36. The molecule has 1 aliphatic heterocycles. The van der Waals surface area contributed by atoms with E-state index in [0.29, 0.717) is 5.89 Å². The van der Waals surface area contributed by atoms with Crippen LogP contribution in [0, 0.1) is 0 Å². The SMILES string of the molecule is C1=CC2=C(c3ccc(-c4cccc5ccccc45)cc3)N=C(n3c4ccc(-c5ccccc5)cc4c4cc5oc(-c6ccccc6)nc5cc43)NC2C=C1. The van der Waals surface area contributed by atoms with Crippen LogP contribution in [0.1, 0.15) is 5.56 Å². The lowest BCUT2D eigenvalue weighted by Gasteiger charge is -2.28. The molecule has 7 aromatic carbocycles. The lowest BCUT2D eigenvalue weighted by Crippen LogP contribution is -2.42. The van der Waals surface area contributed by atoms with Gasteiger partial charge in [-0.1, -0.05) is 146 Å². The Hall–Kier alpha value is -7.24. The van der Waals surface area contributed by atoms with E-state index in [2.05, 4.69) is 162 Å². The van der Waals surface area contributed by atoms with E-state index in [1.165, 1.54) is 27.5 Å². The summed E-state index contributed by atoms with van der Waals surface area (Å²) < 4.78 is 8.65. The summed E-state index contributed by atoms with van der Waals surface area (Å²) in [5, 5.41) is 8.47. The molecule has 0 saturated heterocycles. The fraction of sp³-hybridized carbons (Fsp3) is 0.0204. The van der Waals surface area contributed by atoms with Gasteiger partial charge in [-0.15, -0.1) is 0 Å². The van der Waals surface area contributed by atoms with Crippen LogP contribution in [0.3, 0.4) is 0 Å². The van der Waals surface area contributed by atoms with Crippen LogP contribution < -0.4 is 5.32 Å². The highest BCUT2D eigenvalue weighted by molar-refractivity contribution is 6.18. The molecule has 0 saturated carbocycles. The van der Waals surface area contributed by atoms with Gasteiger partial charge in [0, 0.05) is 27.5 Å². The van der Waals surface area contributed by atoms with Gasteiger partial charge in [-0.2, -0.15) is 0 Å². The van der Waals surface area contributed by atoms with Crippen molar-refractivity contribution >= 4 is 55.3 Å². The van der Waals surface area contributed by atoms with Crippen molar-refractivity contribution in [2.75, 3.05) is 0 Å². The highest BCUT2D eigenvalue weighted by Gasteiger charge is 2.27. The first-order chi connectivity index (χ1) is 26.7. The zero-order valence-corrected chi connectivity index (χ0v) is 29.1. The number of benzene rings is 7. The molecule has 0 spiro atoms. The van der Waals surface area contributed by atoms with Crippen molar-refractivity contribution in [3.8, 4) is 33.7 Å². The van der Waals surface area contributed by atoms with E-state index in [9.17, 15) is 0 Å². The van der Waals surface area contributed by atoms with Crippen LogP contribution in [-0.4, -0.2) is 21.6 Å². The predicted molar refractivity (Wildman–Crippen MR) is 222 cm³/mol. The molecule has 5 heteroatoms. The second kappa shape index (κ2) is 12.2. The van der Waals surface area contributed by atoms with Gasteiger partial charge in [0.15, 0.2) is 5.58 Å². The average Bonchev–Trinajstić information content (AvgIpc) is 3.81. The van der Waals surface area contributed by atoms with Crippen molar-refractivity contribution < 1.29 is 4.42 Å². The number of rotatable bonds is 4. The molecule has 1 aliphatic carbocycles. The Morgan fingerprint density at radius 2 is 1.28 bits per heavy atom. The Morgan fingerprint density at radius 1 is 0.556 bits per heavy atom. The molecule has 0 bridgehead atoms. The van der Waals surface area contributed by atoms with Crippen molar-refractivity contribution in [2.45, 2.75) is 6.04 Å². The smallest absolute Gasteiger partial charge is 0.227 e. The summed E-state index contributed by atoms with van der Waals surface area (Å²) in [7, 11) is 0. The normalized spacial score (nSPS) is 15.3. The van der Waals surface area contributed by atoms with E-state index in [4.69, 9.17) is 14.4 Å². The van der Waals surface area contributed by atoms with Crippen LogP contribution in [0.25, 0.3) is 83.1 Å². The molecule has 1 atom stereocenters. The van der Waals surface area contributed by atoms with Crippen LogP contribution in [0.4, 0.5) is 0 Å². The van der Waals surface area contributed by atoms with E-state index in [1.807, 2.05) is 30.3 Å². The molecule has 0 amide bonds. The van der Waals surface area contributed by atoms with Gasteiger partial charge >= 0.3 is 0 Å². The second-order valence-corrected chi connectivity index (χ2v) is 13.9. The van der Waals surface area contributed by atoms with Gasteiger partial charge in [-0.05, 0) is 69.4 Å². The van der Waals surface area contributed by atoms with Gasteiger partial charge in [-0.3, -0.25) is 4.57 Å². The van der Waals surface area contributed by atoms with E-state index in [0.717, 1.165) is 66.8 Å². The van der Waals surface area contributed by atoms with Crippen molar-refractivity contribution in [1.82, 2.24) is 14.9 Å². The minimum Gasteiger partial charge on any atom is -0.436 e. The van der Waals surface area contributed by atoms with Crippen LogP contribution >= 0.6 is 0 Å². The largest absolute Gasteiger partial charge is 0.436 e. The number of fused-ring (bicyclic) bond motifs is 6. The maximum atomic E-state index is 6.40. The standard InChI is InChI=1S/C49H32N4O/c1-3-12-31(13-4-1)36-26-27-44-40(28-36)41-29-46-43(50-48(54-46)35-15-5-2-6-16-35)30-45(41)53(44)49-51-42-21-10-9-19-39(42)47(52-49)34-24-22-33(23-25-34)38-20-11-17-32-14-7-8-18-37(32)38/h1-30,42H,(H,51,52). The third-order valence-corrected chi connectivity index (χ3v) is 10.7. The molecule has 9 aromatic rings. The molecule has 54 heavy (non-hydrogen) atoms. The first-order valence-electron chi connectivity index (χ1n) is 18.3. The minimum atomic E-state index is -0.0493. The topological polar surface area (TPSA) is 55.4 Å². The van der Waals surface area contributed by atoms with Gasteiger partial charge < -0.3 is 9.73 Å². The Morgan fingerprint density at radius 3 is 2.13 bits per heavy atom. The zero-order chi connectivity index (χ0) is 35.6. The van der Waals surface area contributed by atoms with Crippen LogP contribution in [0.15, 0.2) is 197 Å². The first kappa shape index (κ1) is 30.4. The maximum absolute atomic E-state index is 6.40. The Bertz CT molecular complexity index is 3050. The summed E-state index contributed by atoms with van der Waals surface area (Å²) >= 11 is 0. The van der Waals surface area contributed by atoms with Crippen molar-refractivity contribution in [1.29, 1.82) is 0 Å². The van der Waals surface area contributed by atoms with Gasteiger partial charge in [0.05, 0.1) is 22.8 Å². The fourth-order valence-corrected chi connectivity index (χ4v) is 8.05. The molecule has 3 heterocycles. The average molecular weight is 693 g/mol. The van der Waals surface area contributed by atoms with E-state index in [-0.39, 0.29) is 6.04 Å². The number of hydrogen-bond acceptors (Lipinski definition) is 4. The van der Waals surface area contributed by atoms with Crippen LogP contribution in [0.2, 0.25) is 0 Å². The van der Waals surface area contributed by atoms with Crippen LogP contribution in [0.5, 0.6) is 0 Å². The zero-order valence-electron chi connectivity index (χ0n) is 29.1. The molecule has 254 valence electrons. The number of hydrogen-bond donors (Lipinski definition) is 1. The summed E-state index contributed by atoms with van der Waals surface area (Å²) in [6.07, 6.45) is 8.58. The summed E-state index contributed by atoms with van der Waals surface area (Å²) in [4.78, 5) is 10.4. The van der Waals surface area contributed by atoms with E-state index >= 15 is 0 Å². The highest BCUT2D eigenvalue weighted by atomic mass is 16.3. The molecule has 2 aliphatic rings.